The van der Waals surface area contributed by atoms with E-state index in [-0.39, 0.29) is 11.9 Å². The van der Waals surface area contributed by atoms with Gasteiger partial charge in [-0.3, -0.25) is 0 Å². The number of aryl methyl sites for hydroxylation is 1. The van der Waals surface area contributed by atoms with E-state index in [4.69, 9.17) is 5.26 Å². The molecule has 0 aliphatic heterocycles. The first-order valence-corrected chi connectivity index (χ1v) is 7.68. The molecule has 0 aromatic heterocycles. The molecule has 1 aliphatic rings. The van der Waals surface area contributed by atoms with E-state index in [9.17, 15) is 4.39 Å². The van der Waals surface area contributed by atoms with Crippen LogP contribution in [0.2, 0.25) is 0 Å². The smallest absolute Gasteiger partial charge is 0.147 e. The van der Waals surface area contributed by atoms with E-state index in [1.807, 2.05) is 12.1 Å². The van der Waals surface area contributed by atoms with Crippen molar-refractivity contribution in [2.45, 2.75) is 25.3 Å². The van der Waals surface area contributed by atoms with Gasteiger partial charge in [-0.15, -0.1) is 0 Å². The average Bonchev–Trinajstić information content (AvgIpc) is 2.49. The summed E-state index contributed by atoms with van der Waals surface area (Å²) >= 11 is 3.49. The van der Waals surface area contributed by atoms with Crippen LogP contribution < -0.4 is 5.32 Å². The van der Waals surface area contributed by atoms with Crippen molar-refractivity contribution in [3.63, 3.8) is 0 Å². The first kappa shape index (κ1) is 14.1. The molecule has 1 unspecified atom stereocenters. The third kappa shape index (κ3) is 3.08. The number of anilines is 1. The Morgan fingerprint density at radius 2 is 2.05 bits per heavy atom. The van der Waals surface area contributed by atoms with Gasteiger partial charge in [0.25, 0.3) is 0 Å². The zero-order chi connectivity index (χ0) is 14.8. The summed E-state index contributed by atoms with van der Waals surface area (Å²) in [7, 11) is 0. The number of halogens is 2. The third-order valence-corrected chi connectivity index (χ3v) is 4.35. The lowest BCUT2D eigenvalue weighted by atomic mass is 9.88. The summed E-state index contributed by atoms with van der Waals surface area (Å²) in [6.45, 7) is 0. The fraction of sp³-hybridized carbons (Fsp3) is 0.235. The molecule has 3 rings (SSSR count). The van der Waals surface area contributed by atoms with Crippen molar-refractivity contribution in [2.24, 2.45) is 0 Å². The van der Waals surface area contributed by atoms with E-state index in [1.165, 1.54) is 17.2 Å². The number of hydrogen-bond acceptors (Lipinski definition) is 2. The molecule has 0 amide bonds. The van der Waals surface area contributed by atoms with Crippen molar-refractivity contribution in [1.82, 2.24) is 0 Å². The zero-order valence-electron chi connectivity index (χ0n) is 11.4. The summed E-state index contributed by atoms with van der Waals surface area (Å²) in [6.07, 6.45) is 2.86. The van der Waals surface area contributed by atoms with Gasteiger partial charge in [0.15, 0.2) is 0 Å². The number of fused-ring (bicyclic) bond motifs is 1. The van der Waals surface area contributed by atoms with E-state index < -0.39 is 0 Å². The van der Waals surface area contributed by atoms with Gasteiger partial charge in [0.1, 0.15) is 5.82 Å². The van der Waals surface area contributed by atoms with E-state index in [0.29, 0.717) is 11.3 Å². The zero-order valence-corrected chi connectivity index (χ0v) is 13.0. The minimum atomic E-state index is -0.365. The third-order valence-electron chi connectivity index (χ3n) is 3.85. The van der Waals surface area contributed by atoms with Gasteiger partial charge in [0.05, 0.1) is 17.3 Å². The Morgan fingerprint density at radius 3 is 2.81 bits per heavy atom. The summed E-state index contributed by atoms with van der Waals surface area (Å²) in [5.41, 5.74) is 3.50. The fourth-order valence-electron chi connectivity index (χ4n) is 2.77. The number of nitrogens with zero attached hydrogens (tertiary/aromatic N) is 1. The molecule has 1 N–H and O–H groups in total. The van der Waals surface area contributed by atoms with E-state index in [0.717, 1.165) is 23.7 Å². The van der Waals surface area contributed by atoms with Crippen molar-refractivity contribution < 1.29 is 4.39 Å². The first-order chi connectivity index (χ1) is 10.2. The van der Waals surface area contributed by atoms with Crippen LogP contribution in [0, 0.1) is 17.1 Å². The lowest BCUT2D eigenvalue weighted by Crippen LogP contribution is -2.27. The molecule has 0 heterocycles. The largest absolute Gasteiger partial charge is 0.380 e. The molecule has 4 heteroatoms. The van der Waals surface area contributed by atoms with Crippen LogP contribution in [0.1, 0.15) is 23.1 Å². The lowest BCUT2D eigenvalue weighted by Gasteiger charge is -2.26. The normalized spacial score (nSPS) is 16.9. The van der Waals surface area contributed by atoms with E-state index >= 15 is 0 Å². The molecule has 2 nitrogen and oxygen atoms in total. The quantitative estimate of drug-likeness (QED) is 0.874. The second-order valence-electron chi connectivity index (χ2n) is 5.30. The van der Waals surface area contributed by atoms with Gasteiger partial charge in [-0.25, -0.2) is 4.39 Å². The highest BCUT2D eigenvalue weighted by Gasteiger charge is 2.19. The first-order valence-electron chi connectivity index (χ1n) is 6.89. The summed E-state index contributed by atoms with van der Waals surface area (Å²) in [5.74, 6) is -0.365. The van der Waals surface area contributed by atoms with E-state index in [2.05, 4.69) is 33.4 Å². The van der Waals surface area contributed by atoms with Gasteiger partial charge in [-0.1, -0.05) is 22.0 Å². The van der Waals surface area contributed by atoms with Crippen LogP contribution in [-0.2, 0) is 12.8 Å². The highest BCUT2D eigenvalue weighted by Crippen LogP contribution is 2.27. The second-order valence-corrected chi connectivity index (χ2v) is 6.22. The SMILES string of the molecule is N#Cc1ccc(NC2CCc3cc(Br)ccc3C2)c(F)c1. The van der Waals surface area contributed by atoms with Crippen molar-refractivity contribution in [3.8, 4) is 6.07 Å². The van der Waals surface area contributed by atoms with Crippen LogP contribution in [0.15, 0.2) is 40.9 Å². The maximum atomic E-state index is 13.9. The molecule has 1 atom stereocenters. The molecule has 0 saturated heterocycles. The van der Waals surface area contributed by atoms with Gasteiger partial charge in [0.2, 0.25) is 0 Å². The summed E-state index contributed by atoms with van der Waals surface area (Å²) in [4.78, 5) is 0. The number of nitrogens with one attached hydrogen (secondary N) is 1. The molecule has 2 aromatic rings. The predicted octanol–water partition coefficient (Wildman–Crippen LogP) is 4.43. The van der Waals surface area contributed by atoms with Crippen LogP contribution in [0.5, 0.6) is 0 Å². The molecule has 2 aromatic carbocycles. The van der Waals surface area contributed by atoms with Crippen molar-refractivity contribution in [3.05, 3.63) is 63.4 Å². The highest BCUT2D eigenvalue weighted by molar-refractivity contribution is 9.10. The summed E-state index contributed by atoms with van der Waals surface area (Å²) in [6, 6.07) is 13.1. The van der Waals surface area contributed by atoms with Crippen LogP contribution in [0.25, 0.3) is 0 Å². The molecular weight excluding hydrogens is 331 g/mol. The molecular formula is C17H14BrFN2. The number of nitriles is 1. The van der Waals surface area contributed by atoms with Gasteiger partial charge in [0, 0.05) is 10.5 Å². The predicted molar refractivity (Wildman–Crippen MR) is 84.7 cm³/mol. The monoisotopic (exact) mass is 344 g/mol. The van der Waals surface area contributed by atoms with Crippen LogP contribution in [0.3, 0.4) is 0 Å². The highest BCUT2D eigenvalue weighted by atomic mass is 79.9. The lowest BCUT2D eigenvalue weighted by molar-refractivity contribution is 0.592. The number of benzene rings is 2. The van der Waals surface area contributed by atoms with Crippen molar-refractivity contribution >= 4 is 21.6 Å². The molecule has 0 radical (unpaired) electrons. The van der Waals surface area contributed by atoms with Crippen molar-refractivity contribution in [2.75, 3.05) is 5.32 Å². The average molecular weight is 345 g/mol. The number of rotatable bonds is 2. The van der Waals surface area contributed by atoms with Crippen molar-refractivity contribution in [1.29, 1.82) is 5.26 Å². The number of hydrogen-bond donors (Lipinski definition) is 1. The van der Waals surface area contributed by atoms with Gasteiger partial charge in [-0.05, 0) is 60.7 Å². The van der Waals surface area contributed by atoms with Crippen LogP contribution in [-0.4, -0.2) is 6.04 Å². The maximum absolute atomic E-state index is 13.9. The standard InChI is InChI=1S/C17H14BrFN2/c18-14-4-2-13-9-15(5-3-12(13)8-14)21-17-6-1-11(10-20)7-16(17)19/h1-2,4,6-8,15,21H,3,5,9H2. The van der Waals surface area contributed by atoms with E-state index in [1.54, 1.807) is 12.1 Å². The molecule has 0 saturated carbocycles. The van der Waals surface area contributed by atoms with Gasteiger partial charge >= 0.3 is 0 Å². The Hall–Kier alpha value is -1.86. The van der Waals surface area contributed by atoms with Gasteiger partial charge in [-0.2, -0.15) is 5.26 Å². The second kappa shape index (κ2) is 5.87. The minimum absolute atomic E-state index is 0.223. The maximum Gasteiger partial charge on any atom is 0.147 e. The topological polar surface area (TPSA) is 35.8 Å². The van der Waals surface area contributed by atoms with Crippen LogP contribution in [0.4, 0.5) is 10.1 Å². The Bertz CT molecular complexity index is 721. The Labute approximate surface area is 131 Å². The molecule has 1 aliphatic carbocycles. The Balaban J connectivity index is 1.75. The molecule has 0 spiro atoms. The Kier molecular flexibility index (Phi) is 3.94. The molecule has 106 valence electrons. The summed E-state index contributed by atoms with van der Waals surface area (Å²) < 4.78 is 15.0. The summed E-state index contributed by atoms with van der Waals surface area (Å²) in [5, 5.41) is 12.0. The molecule has 0 bridgehead atoms. The Morgan fingerprint density at radius 1 is 1.19 bits per heavy atom. The van der Waals surface area contributed by atoms with Crippen LogP contribution >= 0.6 is 15.9 Å². The van der Waals surface area contributed by atoms with Gasteiger partial charge < -0.3 is 5.32 Å². The molecule has 21 heavy (non-hydrogen) atoms. The molecule has 0 fully saturated rings. The fourth-order valence-corrected chi connectivity index (χ4v) is 3.18. The minimum Gasteiger partial charge on any atom is -0.380 e.